The van der Waals surface area contributed by atoms with Gasteiger partial charge in [0.15, 0.2) is 0 Å². The summed E-state index contributed by atoms with van der Waals surface area (Å²) in [5.74, 6) is 0. The van der Waals surface area contributed by atoms with Crippen LogP contribution in [-0.4, -0.2) is 0 Å². The van der Waals surface area contributed by atoms with Crippen molar-refractivity contribution in [3.05, 3.63) is 0 Å². The first-order chi connectivity index (χ1) is 0. The molecule has 32 valence electrons. The minimum Gasteiger partial charge on any atom is -1.00 e. The minimum absolute atomic E-state index is 0. The van der Waals surface area contributed by atoms with Crippen LogP contribution < -0.4 is 102 Å². The summed E-state index contributed by atoms with van der Waals surface area (Å²) in [5.41, 5.74) is 0. The smallest absolute Gasteiger partial charge is 1.00 e. The molecule has 0 aromatic carbocycles. The quantitative estimate of drug-likeness (QED) is 0.307. The molecule has 0 atom stereocenters. The molecule has 0 aromatic rings. The van der Waals surface area contributed by atoms with Crippen LogP contribution in [0.15, 0.2) is 0 Å². The molecule has 0 aliphatic heterocycles. The molecule has 0 spiro atoms. The van der Waals surface area contributed by atoms with Crippen LogP contribution >= 0.6 is 0 Å². The number of halogens is 3. The van der Waals surface area contributed by atoms with Crippen LogP contribution in [0.4, 0.5) is 0 Å². The first kappa shape index (κ1) is 37.3. The molecular weight excluding hydrogens is 474 g/mol. The number of hydrogen-bond donors (Lipinski definition) is 0. The molecule has 0 amide bonds. The molecule has 0 unspecified atom stereocenters. The van der Waals surface area contributed by atoms with Crippen LogP contribution in [0.1, 0.15) is 0 Å². The Morgan fingerprint density at radius 1 is 0.600 bits per heavy atom. The van der Waals surface area contributed by atoms with Crippen molar-refractivity contribution in [1.29, 1.82) is 0 Å². The summed E-state index contributed by atoms with van der Waals surface area (Å²) >= 11 is 0. The van der Waals surface area contributed by atoms with E-state index in [1.807, 2.05) is 0 Å². The van der Waals surface area contributed by atoms with E-state index >= 15 is 0 Å². The first-order valence-corrected chi connectivity index (χ1v) is 0. The van der Waals surface area contributed by atoms with Gasteiger partial charge in [-0.2, -0.15) is 0 Å². The molecular formula is Br3KPt. The Hall–Kier alpha value is 3.76. The predicted octanol–water partition coefficient (Wildman–Crippen LogP) is -12.0. The Bertz CT molecular complexity index is 6.85. The largest absolute Gasteiger partial charge is 2.00 e. The molecule has 0 saturated heterocycles. The van der Waals surface area contributed by atoms with Crippen LogP contribution in [0.25, 0.3) is 0 Å². The Balaban J connectivity index is 0. The van der Waals surface area contributed by atoms with E-state index in [0.29, 0.717) is 0 Å². The van der Waals surface area contributed by atoms with Gasteiger partial charge >= 0.3 is 72.4 Å². The summed E-state index contributed by atoms with van der Waals surface area (Å²) in [6.07, 6.45) is 0. The van der Waals surface area contributed by atoms with E-state index in [-0.39, 0.29) is 123 Å². The average molecular weight is 474 g/mol. The van der Waals surface area contributed by atoms with Gasteiger partial charge in [-0.1, -0.05) is 0 Å². The molecule has 0 aromatic heterocycles. The fourth-order valence-electron chi connectivity index (χ4n) is 0. The van der Waals surface area contributed by atoms with E-state index in [2.05, 4.69) is 0 Å². The average Bonchev–Trinajstić information content (AvgIpc) is 0. The molecule has 0 aliphatic carbocycles. The Labute approximate surface area is 120 Å². The number of rotatable bonds is 0. The summed E-state index contributed by atoms with van der Waals surface area (Å²) in [7, 11) is 0. The third-order valence-electron chi connectivity index (χ3n) is 0. The van der Waals surface area contributed by atoms with Crippen LogP contribution in [0, 0.1) is 0 Å². The molecule has 0 bridgehead atoms. The zero-order valence-corrected chi connectivity index (χ0v) is 12.6. The maximum absolute atomic E-state index is 0. The van der Waals surface area contributed by atoms with E-state index < -0.39 is 0 Å². The maximum atomic E-state index is 0. The van der Waals surface area contributed by atoms with Crippen molar-refractivity contribution < 1.29 is 123 Å². The fraction of sp³-hybridized carbons (Fsp3) is 0. The molecule has 0 rings (SSSR count). The second kappa shape index (κ2) is 25.1. The van der Waals surface area contributed by atoms with Gasteiger partial charge in [0, 0.05) is 0 Å². The molecule has 0 radical (unpaired) electrons. The van der Waals surface area contributed by atoms with Gasteiger partial charge in [-0.3, -0.25) is 0 Å². The Morgan fingerprint density at radius 2 is 0.600 bits per heavy atom. The molecule has 5 heavy (non-hydrogen) atoms. The summed E-state index contributed by atoms with van der Waals surface area (Å²) in [4.78, 5) is 0. The maximum Gasteiger partial charge on any atom is 2.00 e. The van der Waals surface area contributed by atoms with Crippen molar-refractivity contribution in [2.45, 2.75) is 0 Å². The Kier molecular flexibility index (Phi) is 187. The summed E-state index contributed by atoms with van der Waals surface area (Å²) < 4.78 is 0. The summed E-state index contributed by atoms with van der Waals surface area (Å²) in [6, 6.07) is 0. The minimum atomic E-state index is 0. The monoisotopic (exact) mass is 471 g/mol. The van der Waals surface area contributed by atoms with Gasteiger partial charge < -0.3 is 50.9 Å². The van der Waals surface area contributed by atoms with Crippen molar-refractivity contribution in [2.24, 2.45) is 0 Å². The molecule has 0 saturated carbocycles. The fourth-order valence-corrected chi connectivity index (χ4v) is 0. The van der Waals surface area contributed by atoms with Gasteiger partial charge in [0.2, 0.25) is 0 Å². The molecule has 0 heterocycles. The zero-order chi connectivity index (χ0) is 0. The van der Waals surface area contributed by atoms with Gasteiger partial charge in [0.05, 0.1) is 0 Å². The summed E-state index contributed by atoms with van der Waals surface area (Å²) in [5, 5.41) is 0. The van der Waals surface area contributed by atoms with Gasteiger partial charge in [-0.25, -0.2) is 0 Å². The zero-order valence-electron chi connectivity index (χ0n) is 2.45. The SMILES string of the molecule is [Br-].[Br-].[Br-].[K+].[Pt+2]. The van der Waals surface area contributed by atoms with Gasteiger partial charge in [0.1, 0.15) is 0 Å². The predicted molar refractivity (Wildman–Crippen MR) is 0 cm³/mol. The van der Waals surface area contributed by atoms with Crippen molar-refractivity contribution in [3.8, 4) is 0 Å². The molecule has 5 heteroatoms. The molecule has 0 fully saturated rings. The van der Waals surface area contributed by atoms with E-state index in [0.717, 1.165) is 0 Å². The molecule has 0 aliphatic rings. The van der Waals surface area contributed by atoms with Crippen LogP contribution in [0.5, 0.6) is 0 Å². The van der Waals surface area contributed by atoms with E-state index in [4.69, 9.17) is 0 Å². The molecule has 0 N–H and O–H groups in total. The second-order valence-corrected chi connectivity index (χ2v) is 0. The van der Waals surface area contributed by atoms with Crippen LogP contribution in [-0.2, 0) is 21.1 Å². The number of hydrogen-bond acceptors (Lipinski definition) is 0. The van der Waals surface area contributed by atoms with E-state index in [1.165, 1.54) is 0 Å². The van der Waals surface area contributed by atoms with Crippen LogP contribution in [0.2, 0.25) is 0 Å². The Morgan fingerprint density at radius 3 is 0.600 bits per heavy atom. The third-order valence-corrected chi connectivity index (χ3v) is 0. The van der Waals surface area contributed by atoms with Crippen molar-refractivity contribution in [2.75, 3.05) is 0 Å². The third kappa shape index (κ3) is 18.2. The molecule has 0 nitrogen and oxygen atoms in total. The second-order valence-electron chi connectivity index (χ2n) is 0. The van der Waals surface area contributed by atoms with Gasteiger partial charge in [-0.05, 0) is 0 Å². The van der Waals surface area contributed by atoms with Gasteiger partial charge in [0.25, 0.3) is 0 Å². The first-order valence-electron chi connectivity index (χ1n) is 0. The van der Waals surface area contributed by atoms with Crippen molar-refractivity contribution in [3.63, 3.8) is 0 Å². The van der Waals surface area contributed by atoms with Crippen molar-refractivity contribution >= 4 is 0 Å². The van der Waals surface area contributed by atoms with Gasteiger partial charge in [-0.15, -0.1) is 0 Å². The van der Waals surface area contributed by atoms with E-state index in [1.54, 1.807) is 0 Å². The van der Waals surface area contributed by atoms with Crippen LogP contribution in [0.3, 0.4) is 0 Å². The summed E-state index contributed by atoms with van der Waals surface area (Å²) in [6.45, 7) is 0. The van der Waals surface area contributed by atoms with Crippen molar-refractivity contribution in [1.82, 2.24) is 0 Å². The standard InChI is InChI=1S/3BrH.K.Pt/h3*1H;;/q;;;+1;+2/p-3. The van der Waals surface area contributed by atoms with E-state index in [9.17, 15) is 0 Å². The topological polar surface area (TPSA) is 0 Å². The normalized spacial score (nSPS) is 0.